The maximum atomic E-state index is 12.6. The van der Waals surface area contributed by atoms with Crippen molar-refractivity contribution in [2.75, 3.05) is 11.1 Å². The number of nitrogens with zero attached hydrogens (tertiary/aromatic N) is 3. The second kappa shape index (κ2) is 10.8. The number of amides is 2. The van der Waals surface area contributed by atoms with Crippen LogP contribution in [0.2, 0.25) is 0 Å². The van der Waals surface area contributed by atoms with Crippen molar-refractivity contribution >= 4 is 29.3 Å². The zero-order chi connectivity index (χ0) is 23.1. The van der Waals surface area contributed by atoms with E-state index in [0.29, 0.717) is 23.1 Å². The second-order valence-corrected chi connectivity index (χ2v) is 8.45. The summed E-state index contributed by atoms with van der Waals surface area (Å²) in [6, 6.07) is 14.7. The molecule has 2 amide bonds. The van der Waals surface area contributed by atoms with Crippen molar-refractivity contribution in [3.63, 3.8) is 0 Å². The molecule has 8 heteroatoms. The van der Waals surface area contributed by atoms with Crippen molar-refractivity contribution in [1.82, 2.24) is 20.1 Å². The van der Waals surface area contributed by atoms with E-state index in [9.17, 15) is 9.59 Å². The van der Waals surface area contributed by atoms with Crippen molar-refractivity contribution in [3.05, 3.63) is 83.7 Å². The summed E-state index contributed by atoms with van der Waals surface area (Å²) in [5, 5.41) is 14.9. The Morgan fingerprint density at radius 3 is 2.56 bits per heavy atom. The fourth-order valence-corrected chi connectivity index (χ4v) is 3.88. The third kappa shape index (κ3) is 6.07. The van der Waals surface area contributed by atoms with E-state index in [4.69, 9.17) is 0 Å². The lowest BCUT2D eigenvalue weighted by Gasteiger charge is -2.15. The summed E-state index contributed by atoms with van der Waals surface area (Å²) in [6.45, 7) is 10.1. The molecular formula is C24H27N5O2S. The van der Waals surface area contributed by atoms with E-state index in [2.05, 4.69) is 27.4 Å². The average Bonchev–Trinajstić information content (AvgIpc) is 3.17. The SMILES string of the molecule is C=CCn1c(SCC(=O)Nc2ccc(C)cc2)nnc1[C@@H](C)NC(=O)c1cccc(C)c1. The van der Waals surface area contributed by atoms with Crippen LogP contribution in [0.15, 0.2) is 66.3 Å². The zero-order valence-electron chi connectivity index (χ0n) is 18.5. The first-order chi connectivity index (χ1) is 15.4. The molecule has 0 radical (unpaired) electrons. The van der Waals surface area contributed by atoms with Gasteiger partial charge in [-0.1, -0.05) is 53.2 Å². The molecule has 166 valence electrons. The number of allylic oxidation sites excluding steroid dienone is 1. The topological polar surface area (TPSA) is 88.9 Å². The number of carbonyl (C=O) groups excluding carboxylic acids is 2. The van der Waals surface area contributed by atoms with Crippen molar-refractivity contribution < 1.29 is 9.59 Å². The molecule has 7 nitrogen and oxygen atoms in total. The number of hydrogen-bond acceptors (Lipinski definition) is 5. The van der Waals surface area contributed by atoms with Gasteiger partial charge in [-0.25, -0.2) is 0 Å². The maximum Gasteiger partial charge on any atom is 0.251 e. The molecule has 32 heavy (non-hydrogen) atoms. The number of aryl methyl sites for hydroxylation is 2. The minimum Gasteiger partial charge on any atom is -0.342 e. The van der Waals surface area contributed by atoms with E-state index < -0.39 is 0 Å². The Hall–Kier alpha value is -3.39. The molecule has 0 saturated carbocycles. The van der Waals surface area contributed by atoms with Crippen LogP contribution in [0.3, 0.4) is 0 Å². The summed E-state index contributed by atoms with van der Waals surface area (Å²) in [7, 11) is 0. The van der Waals surface area contributed by atoms with Crippen LogP contribution >= 0.6 is 11.8 Å². The third-order valence-electron chi connectivity index (χ3n) is 4.74. The zero-order valence-corrected chi connectivity index (χ0v) is 19.3. The summed E-state index contributed by atoms with van der Waals surface area (Å²) in [4.78, 5) is 25.0. The Morgan fingerprint density at radius 2 is 1.88 bits per heavy atom. The van der Waals surface area contributed by atoms with Gasteiger partial charge in [0, 0.05) is 17.8 Å². The smallest absolute Gasteiger partial charge is 0.251 e. The van der Waals surface area contributed by atoms with Gasteiger partial charge < -0.3 is 15.2 Å². The monoisotopic (exact) mass is 449 g/mol. The molecule has 0 aliphatic heterocycles. The molecule has 0 spiro atoms. The minimum absolute atomic E-state index is 0.130. The molecule has 0 saturated heterocycles. The molecule has 0 unspecified atom stereocenters. The Bertz CT molecular complexity index is 1110. The minimum atomic E-state index is -0.369. The number of hydrogen-bond donors (Lipinski definition) is 2. The molecular weight excluding hydrogens is 422 g/mol. The van der Waals surface area contributed by atoms with Crippen LogP contribution in [-0.4, -0.2) is 32.3 Å². The molecule has 3 rings (SSSR count). The van der Waals surface area contributed by atoms with Gasteiger partial charge in [-0.3, -0.25) is 9.59 Å². The first-order valence-corrected chi connectivity index (χ1v) is 11.3. The van der Waals surface area contributed by atoms with Gasteiger partial charge >= 0.3 is 0 Å². The summed E-state index contributed by atoms with van der Waals surface area (Å²) in [6.07, 6.45) is 1.73. The first kappa shape index (κ1) is 23.3. The summed E-state index contributed by atoms with van der Waals surface area (Å²) in [5.41, 5.74) is 3.49. The highest BCUT2D eigenvalue weighted by Crippen LogP contribution is 2.21. The fraction of sp³-hybridized carbons (Fsp3) is 0.250. The molecule has 0 aliphatic carbocycles. The molecule has 1 aromatic heterocycles. The lowest BCUT2D eigenvalue weighted by atomic mass is 10.1. The van der Waals surface area contributed by atoms with Crippen LogP contribution in [0.1, 0.15) is 40.3 Å². The van der Waals surface area contributed by atoms with Gasteiger partial charge in [0.05, 0.1) is 11.8 Å². The van der Waals surface area contributed by atoms with Gasteiger partial charge in [0.1, 0.15) is 0 Å². The van der Waals surface area contributed by atoms with Crippen LogP contribution in [0.4, 0.5) is 5.69 Å². The van der Waals surface area contributed by atoms with Crippen LogP contribution in [-0.2, 0) is 11.3 Å². The largest absolute Gasteiger partial charge is 0.342 e. The van der Waals surface area contributed by atoms with Gasteiger partial charge in [0.15, 0.2) is 11.0 Å². The predicted molar refractivity (Wildman–Crippen MR) is 128 cm³/mol. The molecule has 3 aromatic rings. The predicted octanol–water partition coefficient (Wildman–Crippen LogP) is 4.30. The van der Waals surface area contributed by atoms with E-state index in [1.165, 1.54) is 11.8 Å². The van der Waals surface area contributed by atoms with Gasteiger partial charge in [-0.15, -0.1) is 16.8 Å². The highest BCUT2D eigenvalue weighted by molar-refractivity contribution is 7.99. The van der Waals surface area contributed by atoms with Gasteiger partial charge in [-0.2, -0.15) is 0 Å². The fourth-order valence-electron chi connectivity index (χ4n) is 3.12. The Balaban J connectivity index is 1.66. The van der Waals surface area contributed by atoms with Crippen molar-refractivity contribution in [2.45, 2.75) is 38.5 Å². The third-order valence-corrected chi connectivity index (χ3v) is 5.71. The highest BCUT2D eigenvalue weighted by atomic mass is 32.2. The van der Waals surface area contributed by atoms with E-state index in [-0.39, 0.29) is 23.6 Å². The van der Waals surface area contributed by atoms with Crippen molar-refractivity contribution in [3.8, 4) is 0 Å². The van der Waals surface area contributed by atoms with E-state index in [1.807, 2.05) is 67.8 Å². The average molecular weight is 450 g/mol. The molecule has 2 N–H and O–H groups in total. The number of thioether (sulfide) groups is 1. The number of rotatable bonds is 9. The molecule has 0 aliphatic rings. The normalized spacial score (nSPS) is 11.6. The van der Waals surface area contributed by atoms with Crippen molar-refractivity contribution in [1.29, 1.82) is 0 Å². The quantitative estimate of drug-likeness (QED) is 0.376. The first-order valence-electron chi connectivity index (χ1n) is 10.3. The Labute approximate surface area is 192 Å². The van der Waals surface area contributed by atoms with Crippen LogP contribution in [0, 0.1) is 13.8 Å². The standard InChI is InChI=1S/C24H27N5O2S/c1-5-13-29-22(18(4)25-23(31)19-8-6-7-17(3)14-19)27-28-24(29)32-15-21(30)26-20-11-9-16(2)10-12-20/h5-12,14,18H,1,13,15H2,2-4H3,(H,25,31)(H,26,30)/t18-/m1/s1. The maximum absolute atomic E-state index is 12.6. The second-order valence-electron chi connectivity index (χ2n) is 7.51. The van der Waals surface area contributed by atoms with E-state index >= 15 is 0 Å². The molecule has 0 fully saturated rings. The summed E-state index contributed by atoms with van der Waals surface area (Å²) >= 11 is 1.29. The molecule has 2 aromatic carbocycles. The van der Waals surface area contributed by atoms with Crippen LogP contribution in [0.25, 0.3) is 0 Å². The van der Waals surface area contributed by atoms with Gasteiger partial charge in [0.2, 0.25) is 5.91 Å². The van der Waals surface area contributed by atoms with Gasteiger partial charge in [-0.05, 0) is 45.0 Å². The van der Waals surface area contributed by atoms with Crippen LogP contribution in [0.5, 0.6) is 0 Å². The van der Waals surface area contributed by atoms with Crippen molar-refractivity contribution in [2.24, 2.45) is 0 Å². The Kier molecular flexibility index (Phi) is 7.83. The summed E-state index contributed by atoms with van der Waals surface area (Å²) < 4.78 is 1.86. The van der Waals surface area contributed by atoms with Crippen LogP contribution < -0.4 is 10.6 Å². The van der Waals surface area contributed by atoms with E-state index in [1.54, 1.807) is 12.1 Å². The lowest BCUT2D eigenvalue weighted by Crippen LogP contribution is -2.28. The Morgan fingerprint density at radius 1 is 1.12 bits per heavy atom. The number of aromatic nitrogens is 3. The van der Waals surface area contributed by atoms with Gasteiger partial charge in [0.25, 0.3) is 5.91 Å². The molecule has 0 bridgehead atoms. The van der Waals surface area contributed by atoms with E-state index in [0.717, 1.165) is 16.8 Å². The number of carbonyl (C=O) groups is 2. The number of anilines is 1. The summed E-state index contributed by atoms with van der Waals surface area (Å²) in [5.74, 6) is 0.482. The highest BCUT2D eigenvalue weighted by Gasteiger charge is 2.20. The number of nitrogens with one attached hydrogen (secondary N) is 2. The molecule has 1 heterocycles. The molecule has 1 atom stereocenters. The number of benzene rings is 2. The lowest BCUT2D eigenvalue weighted by molar-refractivity contribution is -0.113.